The second-order valence-electron chi connectivity index (χ2n) is 6.05. The zero-order valence-electron chi connectivity index (χ0n) is 14.2. The lowest BCUT2D eigenvalue weighted by Crippen LogP contribution is -2.41. The number of hydrogen-bond donors (Lipinski definition) is 3. The molecule has 1 aromatic rings. The lowest BCUT2D eigenvalue weighted by molar-refractivity contribution is -0.116. The van der Waals surface area contributed by atoms with Crippen LogP contribution in [0.25, 0.3) is 0 Å². The fraction of sp³-hybridized carbons (Fsp3) is 0.556. The van der Waals surface area contributed by atoms with Gasteiger partial charge in [0.1, 0.15) is 0 Å². The van der Waals surface area contributed by atoms with Gasteiger partial charge >= 0.3 is 0 Å². The van der Waals surface area contributed by atoms with Gasteiger partial charge in [0, 0.05) is 31.7 Å². The zero-order chi connectivity index (χ0) is 16.5. The lowest BCUT2D eigenvalue weighted by atomic mass is 10.2. The van der Waals surface area contributed by atoms with Gasteiger partial charge in [-0.2, -0.15) is 0 Å². The van der Waals surface area contributed by atoms with Gasteiger partial charge < -0.3 is 16.0 Å². The van der Waals surface area contributed by atoms with Crippen LogP contribution in [0, 0.1) is 0 Å². The summed E-state index contributed by atoms with van der Waals surface area (Å²) in [4.78, 5) is 16.0. The van der Waals surface area contributed by atoms with Crippen molar-refractivity contribution in [2.75, 3.05) is 12.4 Å². The summed E-state index contributed by atoms with van der Waals surface area (Å²) in [6, 6.07) is 8.48. The van der Waals surface area contributed by atoms with E-state index < -0.39 is 0 Å². The van der Waals surface area contributed by atoms with Gasteiger partial charge in [0.15, 0.2) is 5.96 Å². The third kappa shape index (κ3) is 5.93. The number of nitrogens with one attached hydrogen (secondary N) is 3. The van der Waals surface area contributed by atoms with E-state index in [1.807, 2.05) is 31.2 Å². The molecule has 0 atom stereocenters. The number of rotatable bonds is 6. The van der Waals surface area contributed by atoms with Crippen LogP contribution >= 0.6 is 0 Å². The molecule has 1 saturated carbocycles. The van der Waals surface area contributed by atoms with Gasteiger partial charge in [-0.25, -0.2) is 0 Å². The largest absolute Gasteiger partial charge is 0.354 e. The molecular formula is C18H28N4O. The predicted octanol–water partition coefficient (Wildman–Crippen LogP) is 3.03. The van der Waals surface area contributed by atoms with Crippen molar-refractivity contribution in [2.24, 2.45) is 4.99 Å². The molecule has 1 amide bonds. The van der Waals surface area contributed by atoms with Gasteiger partial charge in [0.25, 0.3) is 0 Å². The van der Waals surface area contributed by atoms with E-state index in [2.05, 4.69) is 20.9 Å². The second-order valence-corrected chi connectivity index (χ2v) is 6.05. The maximum Gasteiger partial charge on any atom is 0.224 e. The number of anilines is 1. The first-order chi connectivity index (χ1) is 11.2. The first kappa shape index (κ1) is 17.3. The van der Waals surface area contributed by atoms with E-state index in [0.29, 0.717) is 19.0 Å². The molecule has 126 valence electrons. The predicted molar refractivity (Wildman–Crippen MR) is 95.6 cm³/mol. The topological polar surface area (TPSA) is 65.5 Å². The standard InChI is InChI=1S/C18H28N4O/c1-3-7-17(23)21-16-11-6-8-14(12-16)13-20-18(19-2)22-15-9-4-5-10-15/h6,8,11-12,15H,3-5,7,9-10,13H2,1-2H3,(H,21,23)(H2,19,20,22). The van der Waals surface area contributed by atoms with Crippen molar-refractivity contribution in [3.05, 3.63) is 29.8 Å². The quantitative estimate of drug-likeness (QED) is 0.558. The van der Waals surface area contributed by atoms with Crippen molar-refractivity contribution in [3.8, 4) is 0 Å². The summed E-state index contributed by atoms with van der Waals surface area (Å²) in [5.41, 5.74) is 1.97. The Kier molecular flexibility index (Phi) is 6.91. The molecule has 1 aromatic carbocycles. The van der Waals surface area contributed by atoms with Crippen LogP contribution in [0.4, 0.5) is 5.69 Å². The third-order valence-corrected chi connectivity index (χ3v) is 4.07. The molecule has 0 bridgehead atoms. The normalized spacial score (nSPS) is 15.5. The Morgan fingerprint density at radius 1 is 1.30 bits per heavy atom. The summed E-state index contributed by atoms with van der Waals surface area (Å²) in [6.45, 7) is 2.69. The first-order valence-electron chi connectivity index (χ1n) is 8.57. The van der Waals surface area contributed by atoms with E-state index in [0.717, 1.165) is 23.6 Å². The van der Waals surface area contributed by atoms with E-state index >= 15 is 0 Å². The summed E-state index contributed by atoms with van der Waals surface area (Å²) in [5.74, 6) is 0.911. The smallest absolute Gasteiger partial charge is 0.224 e. The van der Waals surface area contributed by atoms with Crippen LogP contribution in [0.15, 0.2) is 29.3 Å². The molecule has 0 aliphatic heterocycles. The molecule has 0 unspecified atom stereocenters. The minimum absolute atomic E-state index is 0.0660. The average Bonchev–Trinajstić information content (AvgIpc) is 3.05. The van der Waals surface area contributed by atoms with Crippen molar-refractivity contribution < 1.29 is 4.79 Å². The molecule has 0 saturated heterocycles. The second kappa shape index (κ2) is 9.18. The maximum absolute atomic E-state index is 11.7. The van der Waals surface area contributed by atoms with E-state index in [1.54, 1.807) is 7.05 Å². The Labute approximate surface area is 139 Å². The number of guanidine groups is 1. The molecular weight excluding hydrogens is 288 g/mol. The molecule has 1 aliphatic carbocycles. The van der Waals surface area contributed by atoms with Gasteiger partial charge in [0.05, 0.1) is 0 Å². The number of hydrogen-bond acceptors (Lipinski definition) is 2. The number of amides is 1. The van der Waals surface area contributed by atoms with Crippen LogP contribution in [-0.2, 0) is 11.3 Å². The highest BCUT2D eigenvalue weighted by Gasteiger charge is 2.15. The molecule has 3 N–H and O–H groups in total. The Hall–Kier alpha value is -2.04. The fourth-order valence-corrected chi connectivity index (χ4v) is 2.85. The molecule has 0 radical (unpaired) electrons. The summed E-state index contributed by atoms with van der Waals surface area (Å²) in [5, 5.41) is 9.74. The molecule has 2 rings (SSSR count). The van der Waals surface area contributed by atoms with E-state index in [9.17, 15) is 4.79 Å². The van der Waals surface area contributed by atoms with Crippen molar-refractivity contribution in [2.45, 2.75) is 58.0 Å². The number of benzene rings is 1. The van der Waals surface area contributed by atoms with Crippen LogP contribution < -0.4 is 16.0 Å². The SMILES string of the molecule is CCCC(=O)Nc1cccc(CNC(=NC)NC2CCCC2)c1. The number of carbonyl (C=O) groups is 1. The van der Waals surface area contributed by atoms with Gasteiger partial charge in [0.2, 0.25) is 5.91 Å². The lowest BCUT2D eigenvalue weighted by Gasteiger charge is -2.17. The van der Waals surface area contributed by atoms with Crippen LogP contribution in [0.3, 0.4) is 0 Å². The van der Waals surface area contributed by atoms with Crippen LogP contribution in [0.5, 0.6) is 0 Å². The molecule has 0 heterocycles. The average molecular weight is 316 g/mol. The molecule has 1 aliphatic rings. The monoisotopic (exact) mass is 316 g/mol. The van der Waals surface area contributed by atoms with Crippen molar-refractivity contribution in [1.82, 2.24) is 10.6 Å². The third-order valence-electron chi connectivity index (χ3n) is 4.07. The summed E-state index contributed by atoms with van der Waals surface area (Å²) < 4.78 is 0. The first-order valence-corrected chi connectivity index (χ1v) is 8.57. The summed E-state index contributed by atoms with van der Waals surface area (Å²) in [6.07, 6.45) is 6.46. The van der Waals surface area contributed by atoms with Gasteiger partial charge in [-0.1, -0.05) is 31.9 Å². The Morgan fingerprint density at radius 3 is 2.78 bits per heavy atom. The summed E-state index contributed by atoms with van der Waals surface area (Å²) >= 11 is 0. The highest BCUT2D eigenvalue weighted by molar-refractivity contribution is 5.90. The minimum Gasteiger partial charge on any atom is -0.354 e. The van der Waals surface area contributed by atoms with Crippen molar-refractivity contribution in [3.63, 3.8) is 0 Å². The molecule has 5 nitrogen and oxygen atoms in total. The molecule has 0 aromatic heterocycles. The Bertz CT molecular complexity index is 536. The zero-order valence-corrected chi connectivity index (χ0v) is 14.2. The summed E-state index contributed by atoms with van der Waals surface area (Å²) in [7, 11) is 1.80. The van der Waals surface area contributed by atoms with Crippen LogP contribution in [0.1, 0.15) is 51.0 Å². The van der Waals surface area contributed by atoms with Gasteiger partial charge in [-0.3, -0.25) is 9.79 Å². The molecule has 23 heavy (non-hydrogen) atoms. The number of nitrogens with zero attached hydrogens (tertiary/aromatic N) is 1. The number of carbonyl (C=O) groups excluding carboxylic acids is 1. The highest BCUT2D eigenvalue weighted by atomic mass is 16.1. The van der Waals surface area contributed by atoms with Crippen LogP contribution in [0.2, 0.25) is 0 Å². The highest BCUT2D eigenvalue weighted by Crippen LogP contribution is 2.17. The van der Waals surface area contributed by atoms with Crippen molar-refractivity contribution in [1.29, 1.82) is 0 Å². The fourth-order valence-electron chi connectivity index (χ4n) is 2.85. The molecule has 5 heteroatoms. The van der Waals surface area contributed by atoms with E-state index in [1.165, 1.54) is 25.7 Å². The maximum atomic E-state index is 11.7. The Balaban J connectivity index is 1.85. The van der Waals surface area contributed by atoms with Crippen LogP contribution in [-0.4, -0.2) is 25.0 Å². The molecule has 0 spiro atoms. The Morgan fingerprint density at radius 2 is 2.09 bits per heavy atom. The van der Waals surface area contributed by atoms with Gasteiger partial charge in [-0.05, 0) is 37.0 Å². The van der Waals surface area contributed by atoms with Gasteiger partial charge in [-0.15, -0.1) is 0 Å². The minimum atomic E-state index is 0.0660. The van der Waals surface area contributed by atoms with E-state index in [4.69, 9.17) is 0 Å². The number of aliphatic imine (C=N–C) groups is 1. The van der Waals surface area contributed by atoms with Crippen molar-refractivity contribution >= 4 is 17.6 Å². The van der Waals surface area contributed by atoms with E-state index in [-0.39, 0.29) is 5.91 Å². The molecule has 1 fully saturated rings.